The second-order valence-electron chi connectivity index (χ2n) is 6.74. The Morgan fingerprint density at radius 2 is 2.03 bits per heavy atom. The number of hydrogen-bond donors (Lipinski definition) is 0. The van der Waals surface area contributed by atoms with Crippen molar-refractivity contribution in [1.82, 2.24) is 19.4 Å². The van der Waals surface area contributed by atoms with Crippen molar-refractivity contribution in [2.24, 2.45) is 0 Å². The summed E-state index contributed by atoms with van der Waals surface area (Å²) in [5.74, 6) is 2.10. The van der Waals surface area contributed by atoms with Crippen LogP contribution in [0.15, 0.2) is 50.3 Å². The van der Waals surface area contributed by atoms with Gasteiger partial charge in [0.2, 0.25) is 21.7 Å². The number of pyridine rings is 1. The molecule has 1 aliphatic rings. The van der Waals surface area contributed by atoms with Gasteiger partial charge in [-0.2, -0.15) is 9.29 Å². The molecule has 1 saturated heterocycles. The number of thiophene rings is 1. The van der Waals surface area contributed by atoms with E-state index in [1.807, 2.05) is 17.5 Å². The summed E-state index contributed by atoms with van der Waals surface area (Å²) in [6.07, 6.45) is 5.99. The molecule has 0 amide bonds. The molecule has 1 aliphatic heterocycles. The molecule has 4 rings (SSSR count). The van der Waals surface area contributed by atoms with Crippen molar-refractivity contribution in [2.75, 3.05) is 18.8 Å². The third-order valence-electron chi connectivity index (χ3n) is 4.66. The van der Waals surface area contributed by atoms with Gasteiger partial charge in [0.1, 0.15) is 4.90 Å². The molecule has 0 bridgehead atoms. The van der Waals surface area contributed by atoms with Gasteiger partial charge in [-0.15, -0.1) is 23.1 Å². The van der Waals surface area contributed by atoms with E-state index in [9.17, 15) is 8.42 Å². The van der Waals surface area contributed by atoms with Gasteiger partial charge < -0.3 is 4.52 Å². The lowest BCUT2D eigenvalue weighted by Gasteiger charge is -2.25. The number of thioether (sulfide) groups is 1. The smallest absolute Gasteiger partial charge is 0.244 e. The Hall–Kier alpha value is -1.75. The Bertz CT molecular complexity index is 1010. The Balaban J connectivity index is 1.26. The standard InChI is InChI=1S/C19H22N4O3S3/c24-29(25,23-10-2-1-3-11-23)15-8-9-18(20-14-15)28-13-5-7-17-21-19(22-26-17)16-6-4-12-27-16/h4,6,8-9,12,14H,1-3,5,7,10-11,13H2. The fourth-order valence-electron chi connectivity index (χ4n) is 3.12. The maximum absolute atomic E-state index is 12.7. The van der Waals surface area contributed by atoms with Crippen LogP contribution in [0.2, 0.25) is 0 Å². The van der Waals surface area contributed by atoms with Crippen LogP contribution in [0.25, 0.3) is 10.7 Å². The highest BCUT2D eigenvalue weighted by atomic mass is 32.2. The number of piperidine rings is 1. The van der Waals surface area contributed by atoms with Crippen molar-refractivity contribution in [3.8, 4) is 10.7 Å². The molecule has 3 aromatic heterocycles. The molecule has 0 spiro atoms. The molecule has 1 fully saturated rings. The van der Waals surface area contributed by atoms with E-state index in [1.54, 1.807) is 39.5 Å². The Kier molecular flexibility index (Phi) is 6.63. The van der Waals surface area contributed by atoms with Gasteiger partial charge >= 0.3 is 0 Å². The van der Waals surface area contributed by atoms with Crippen molar-refractivity contribution in [3.63, 3.8) is 0 Å². The van der Waals surface area contributed by atoms with Crippen LogP contribution in [0.3, 0.4) is 0 Å². The molecule has 0 saturated carbocycles. The highest BCUT2D eigenvalue weighted by molar-refractivity contribution is 7.99. The summed E-state index contributed by atoms with van der Waals surface area (Å²) in [6.45, 7) is 1.20. The average molecular weight is 451 g/mol. The maximum Gasteiger partial charge on any atom is 0.244 e. The number of nitrogens with zero attached hydrogens (tertiary/aromatic N) is 4. The van der Waals surface area contributed by atoms with Crippen LogP contribution in [-0.4, -0.2) is 46.7 Å². The van der Waals surface area contributed by atoms with E-state index in [4.69, 9.17) is 4.52 Å². The third kappa shape index (κ3) is 5.06. The minimum atomic E-state index is -3.42. The molecule has 3 aromatic rings. The van der Waals surface area contributed by atoms with Gasteiger partial charge in [0.05, 0.1) is 9.90 Å². The normalized spacial score (nSPS) is 15.6. The molecule has 10 heteroatoms. The van der Waals surface area contributed by atoms with Crippen LogP contribution in [0.1, 0.15) is 31.6 Å². The molecule has 0 radical (unpaired) electrons. The minimum absolute atomic E-state index is 0.274. The van der Waals surface area contributed by atoms with Gasteiger partial charge in [-0.1, -0.05) is 17.6 Å². The summed E-state index contributed by atoms with van der Waals surface area (Å²) in [5.41, 5.74) is 0. The number of rotatable bonds is 8. The molecule has 0 N–H and O–H groups in total. The predicted octanol–water partition coefficient (Wildman–Crippen LogP) is 4.09. The number of sulfonamides is 1. The van der Waals surface area contributed by atoms with E-state index in [2.05, 4.69) is 15.1 Å². The minimum Gasteiger partial charge on any atom is -0.339 e. The van der Waals surface area contributed by atoms with Crippen LogP contribution in [0.4, 0.5) is 0 Å². The van der Waals surface area contributed by atoms with Crippen LogP contribution in [0.5, 0.6) is 0 Å². The lowest BCUT2D eigenvalue weighted by atomic mass is 10.2. The summed E-state index contributed by atoms with van der Waals surface area (Å²) in [7, 11) is -3.42. The van der Waals surface area contributed by atoms with Gasteiger partial charge in [0, 0.05) is 25.7 Å². The predicted molar refractivity (Wildman–Crippen MR) is 114 cm³/mol. The SMILES string of the molecule is O=S(=O)(c1ccc(SCCCc2nc(-c3cccs3)no2)nc1)N1CCCCC1. The highest BCUT2D eigenvalue weighted by Crippen LogP contribution is 2.24. The quantitative estimate of drug-likeness (QED) is 0.377. The molecule has 154 valence electrons. The molecular formula is C19H22N4O3S3. The summed E-state index contributed by atoms with van der Waals surface area (Å²) in [6, 6.07) is 7.37. The summed E-state index contributed by atoms with van der Waals surface area (Å²) >= 11 is 3.18. The summed E-state index contributed by atoms with van der Waals surface area (Å²) in [4.78, 5) is 10.0. The zero-order chi connectivity index (χ0) is 20.1. The topological polar surface area (TPSA) is 89.2 Å². The van der Waals surface area contributed by atoms with Crippen molar-refractivity contribution in [3.05, 3.63) is 41.7 Å². The zero-order valence-corrected chi connectivity index (χ0v) is 18.3. The third-order valence-corrected chi connectivity index (χ3v) is 8.43. The molecule has 0 aromatic carbocycles. The molecule has 29 heavy (non-hydrogen) atoms. The van der Waals surface area contributed by atoms with E-state index in [1.165, 1.54) is 6.20 Å². The Morgan fingerprint density at radius 3 is 2.76 bits per heavy atom. The van der Waals surface area contributed by atoms with Crippen molar-refractivity contribution in [1.29, 1.82) is 0 Å². The first-order valence-electron chi connectivity index (χ1n) is 9.58. The molecule has 0 aliphatic carbocycles. The number of aromatic nitrogens is 3. The van der Waals surface area contributed by atoms with Crippen LogP contribution >= 0.6 is 23.1 Å². The van der Waals surface area contributed by atoms with E-state index in [0.29, 0.717) is 31.2 Å². The van der Waals surface area contributed by atoms with Crippen molar-refractivity contribution >= 4 is 33.1 Å². The lowest BCUT2D eigenvalue weighted by Crippen LogP contribution is -2.35. The number of hydrogen-bond acceptors (Lipinski definition) is 8. The Labute approximate surface area is 178 Å². The second kappa shape index (κ2) is 9.38. The Morgan fingerprint density at radius 1 is 1.17 bits per heavy atom. The van der Waals surface area contributed by atoms with Gasteiger partial charge in [-0.25, -0.2) is 13.4 Å². The molecule has 0 atom stereocenters. The summed E-state index contributed by atoms with van der Waals surface area (Å²) < 4.78 is 32.2. The first-order chi connectivity index (χ1) is 14.1. The second-order valence-corrected chi connectivity index (χ2v) is 10.7. The van der Waals surface area contributed by atoms with E-state index in [0.717, 1.165) is 41.3 Å². The molecular weight excluding hydrogens is 428 g/mol. The van der Waals surface area contributed by atoms with Crippen molar-refractivity contribution < 1.29 is 12.9 Å². The van der Waals surface area contributed by atoms with E-state index < -0.39 is 10.0 Å². The maximum atomic E-state index is 12.7. The first kappa shape index (κ1) is 20.5. The van der Waals surface area contributed by atoms with E-state index in [-0.39, 0.29) is 4.90 Å². The monoisotopic (exact) mass is 450 g/mol. The van der Waals surface area contributed by atoms with Crippen LogP contribution in [0, 0.1) is 0 Å². The lowest BCUT2D eigenvalue weighted by molar-refractivity contribution is 0.346. The van der Waals surface area contributed by atoms with E-state index >= 15 is 0 Å². The zero-order valence-electron chi connectivity index (χ0n) is 15.9. The number of aryl methyl sites for hydroxylation is 1. The van der Waals surface area contributed by atoms with Crippen molar-refractivity contribution in [2.45, 2.75) is 42.0 Å². The highest BCUT2D eigenvalue weighted by Gasteiger charge is 2.26. The fraction of sp³-hybridized carbons (Fsp3) is 0.421. The van der Waals surface area contributed by atoms with Gasteiger partial charge in [-0.05, 0) is 48.6 Å². The van der Waals surface area contributed by atoms with Crippen LogP contribution < -0.4 is 0 Å². The largest absolute Gasteiger partial charge is 0.339 e. The van der Waals surface area contributed by atoms with Gasteiger partial charge in [0.15, 0.2) is 0 Å². The first-order valence-corrected chi connectivity index (χ1v) is 12.9. The van der Waals surface area contributed by atoms with Gasteiger partial charge in [-0.3, -0.25) is 0 Å². The fourth-order valence-corrected chi connectivity index (χ4v) is 6.02. The molecule has 0 unspecified atom stereocenters. The molecule has 7 nitrogen and oxygen atoms in total. The molecule has 4 heterocycles. The summed E-state index contributed by atoms with van der Waals surface area (Å²) in [5, 5.41) is 6.81. The van der Waals surface area contributed by atoms with Gasteiger partial charge in [0.25, 0.3) is 0 Å². The van der Waals surface area contributed by atoms with Crippen LogP contribution in [-0.2, 0) is 16.4 Å². The average Bonchev–Trinajstić information content (AvgIpc) is 3.44.